The van der Waals surface area contributed by atoms with Crippen LogP contribution in [0, 0.1) is 0 Å². The number of thiophene rings is 1. The Morgan fingerprint density at radius 3 is 2.60 bits per heavy atom. The van der Waals surface area contributed by atoms with Gasteiger partial charge in [0.25, 0.3) is 5.91 Å². The summed E-state index contributed by atoms with van der Waals surface area (Å²) in [6.07, 6.45) is 0. The van der Waals surface area contributed by atoms with Crippen LogP contribution in [0.5, 0.6) is 0 Å². The zero-order chi connectivity index (χ0) is 11.6. The third-order valence-electron chi connectivity index (χ3n) is 2.32. The summed E-state index contributed by atoms with van der Waals surface area (Å²) in [5, 5.41) is 0.737. The Hall–Kier alpha value is -0.0600. The summed E-state index contributed by atoms with van der Waals surface area (Å²) in [6, 6.07) is 3.50. The second-order valence-electron chi connectivity index (χ2n) is 3.91. The van der Waals surface area contributed by atoms with Crippen LogP contribution in [0.1, 0.15) is 23.5 Å². The molecule has 1 rings (SSSR count). The molecule has 1 aromatic rings. The van der Waals surface area contributed by atoms with Gasteiger partial charge in [-0.25, -0.2) is 0 Å². The van der Waals surface area contributed by atoms with E-state index in [2.05, 4.69) is 15.9 Å². The Morgan fingerprint density at radius 1 is 1.60 bits per heavy atom. The zero-order valence-electron chi connectivity index (χ0n) is 8.88. The van der Waals surface area contributed by atoms with E-state index in [4.69, 9.17) is 11.6 Å². The second kappa shape index (κ2) is 4.85. The maximum absolute atomic E-state index is 12.0. The number of nitrogens with zero attached hydrogens (tertiary/aromatic N) is 1. The van der Waals surface area contributed by atoms with Crippen molar-refractivity contribution in [2.24, 2.45) is 0 Å². The van der Waals surface area contributed by atoms with Gasteiger partial charge in [0.05, 0.1) is 9.21 Å². The maximum Gasteiger partial charge on any atom is 0.264 e. The van der Waals surface area contributed by atoms with E-state index < -0.39 is 0 Å². The van der Waals surface area contributed by atoms with Crippen molar-refractivity contribution in [3.63, 3.8) is 0 Å². The van der Waals surface area contributed by atoms with Gasteiger partial charge in [0.15, 0.2) is 0 Å². The average molecular weight is 311 g/mol. The van der Waals surface area contributed by atoms with E-state index in [1.54, 1.807) is 24.1 Å². The first-order valence-electron chi connectivity index (χ1n) is 4.48. The molecule has 2 nitrogen and oxygen atoms in total. The van der Waals surface area contributed by atoms with Crippen molar-refractivity contribution < 1.29 is 4.79 Å². The summed E-state index contributed by atoms with van der Waals surface area (Å²) in [4.78, 5) is 14.4. The molecule has 0 atom stereocenters. The summed E-state index contributed by atoms with van der Waals surface area (Å²) in [6.45, 7) is 4.02. The summed E-state index contributed by atoms with van der Waals surface area (Å²) in [5.41, 5.74) is -0.201. The number of alkyl halides is 1. The fraction of sp³-hybridized carbons (Fsp3) is 0.500. The largest absolute Gasteiger partial charge is 0.335 e. The zero-order valence-corrected chi connectivity index (χ0v) is 12.0. The van der Waals surface area contributed by atoms with E-state index in [-0.39, 0.29) is 11.4 Å². The molecular formula is C10H13BrClNOS. The number of carbonyl (C=O) groups is 1. The Labute approximate surface area is 107 Å². The van der Waals surface area contributed by atoms with Crippen LogP contribution >= 0.6 is 38.9 Å². The van der Waals surface area contributed by atoms with E-state index in [1.807, 2.05) is 13.8 Å². The van der Waals surface area contributed by atoms with Gasteiger partial charge in [0.1, 0.15) is 0 Å². The van der Waals surface area contributed by atoms with E-state index in [1.165, 1.54) is 11.3 Å². The van der Waals surface area contributed by atoms with Gasteiger partial charge in [-0.1, -0.05) is 27.5 Å². The number of carbonyl (C=O) groups excluding carboxylic acids is 1. The molecule has 0 saturated heterocycles. The van der Waals surface area contributed by atoms with Gasteiger partial charge in [0, 0.05) is 17.9 Å². The van der Waals surface area contributed by atoms with E-state index >= 15 is 0 Å². The molecule has 0 aliphatic carbocycles. The number of hydrogen-bond acceptors (Lipinski definition) is 2. The van der Waals surface area contributed by atoms with Crippen LogP contribution in [0.15, 0.2) is 12.1 Å². The molecule has 0 bridgehead atoms. The van der Waals surface area contributed by atoms with E-state index in [0.29, 0.717) is 9.21 Å². The van der Waals surface area contributed by atoms with Gasteiger partial charge in [-0.2, -0.15) is 0 Å². The summed E-state index contributed by atoms with van der Waals surface area (Å²) in [7, 11) is 1.80. The van der Waals surface area contributed by atoms with Crippen molar-refractivity contribution in [1.82, 2.24) is 4.90 Å². The summed E-state index contributed by atoms with van der Waals surface area (Å²) < 4.78 is 0.642. The minimum absolute atomic E-state index is 0.0105. The Bertz CT molecular complexity index is 364. The molecule has 1 heterocycles. The third kappa shape index (κ3) is 2.95. The highest BCUT2D eigenvalue weighted by Crippen LogP contribution is 2.25. The van der Waals surface area contributed by atoms with Crippen LogP contribution in [0.4, 0.5) is 0 Å². The monoisotopic (exact) mass is 309 g/mol. The van der Waals surface area contributed by atoms with E-state index in [9.17, 15) is 4.79 Å². The molecular weight excluding hydrogens is 298 g/mol. The molecule has 0 aliphatic rings. The van der Waals surface area contributed by atoms with Crippen molar-refractivity contribution in [1.29, 1.82) is 0 Å². The molecule has 84 valence electrons. The fourth-order valence-corrected chi connectivity index (χ4v) is 2.35. The van der Waals surface area contributed by atoms with Gasteiger partial charge in [-0.05, 0) is 26.0 Å². The molecule has 1 amide bonds. The summed E-state index contributed by atoms with van der Waals surface area (Å²) in [5.74, 6) is 0.0105. The minimum Gasteiger partial charge on any atom is -0.335 e. The van der Waals surface area contributed by atoms with Crippen LogP contribution in [0.3, 0.4) is 0 Å². The Morgan fingerprint density at radius 2 is 2.20 bits per heavy atom. The predicted molar refractivity (Wildman–Crippen MR) is 69.3 cm³/mol. The van der Waals surface area contributed by atoms with Gasteiger partial charge >= 0.3 is 0 Å². The lowest BCUT2D eigenvalue weighted by atomic mass is 10.1. The average Bonchev–Trinajstić information content (AvgIpc) is 2.62. The Kier molecular flexibility index (Phi) is 4.20. The first-order valence-corrected chi connectivity index (χ1v) is 6.79. The lowest BCUT2D eigenvalue weighted by Gasteiger charge is -2.33. The lowest BCUT2D eigenvalue weighted by Crippen LogP contribution is -2.46. The molecule has 0 aromatic carbocycles. The summed E-state index contributed by atoms with van der Waals surface area (Å²) >= 11 is 10.5. The van der Waals surface area contributed by atoms with Crippen molar-refractivity contribution >= 4 is 44.8 Å². The third-order valence-corrected chi connectivity index (χ3v) is 4.92. The molecule has 0 aliphatic heterocycles. The first kappa shape index (κ1) is 13.0. The van der Waals surface area contributed by atoms with Gasteiger partial charge in [-0.15, -0.1) is 11.3 Å². The highest BCUT2D eigenvalue weighted by molar-refractivity contribution is 9.09. The van der Waals surface area contributed by atoms with E-state index in [0.717, 1.165) is 5.33 Å². The van der Waals surface area contributed by atoms with Crippen LogP contribution in [0.25, 0.3) is 0 Å². The van der Waals surface area contributed by atoms with Crippen LogP contribution in [-0.4, -0.2) is 28.7 Å². The minimum atomic E-state index is -0.201. The number of halogens is 2. The molecule has 0 radical (unpaired) electrons. The molecule has 0 unspecified atom stereocenters. The van der Waals surface area contributed by atoms with Crippen molar-refractivity contribution in [3.8, 4) is 0 Å². The smallest absolute Gasteiger partial charge is 0.264 e. The van der Waals surface area contributed by atoms with Crippen LogP contribution in [0.2, 0.25) is 4.34 Å². The number of rotatable bonds is 3. The number of hydrogen-bond donors (Lipinski definition) is 0. The van der Waals surface area contributed by atoms with Crippen molar-refractivity contribution in [2.45, 2.75) is 19.4 Å². The van der Waals surface area contributed by atoms with Crippen molar-refractivity contribution in [3.05, 3.63) is 21.3 Å². The second-order valence-corrected chi connectivity index (χ2v) is 6.19. The first-order chi connectivity index (χ1) is 6.88. The number of amides is 1. The topological polar surface area (TPSA) is 20.3 Å². The quantitative estimate of drug-likeness (QED) is 0.780. The molecule has 5 heteroatoms. The molecule has 0 saturated carbocycles. The SMILES string of the molecule is CN(C(=O)c1ccc(Cl)s1)C(C)(C)CBr. The highest BCUT2D eigenvalue weighted by Gasteiger charge is 2.27. The molecule has 0 N–H and O–H groups in total. The van der Waals surface area contributed by atoms with Crippen LogP contribution in [-0.2, 0) is 0 Å². The molecule has 15 heavy (non-hydrogen) atoms. The van der Waals surface area contributed by atoms with Crippen LogP contribution < -0.4 is 0 Å². The normalized spacial score (nSPS) is 11.5. The van der Waals surface area contributed by atoms with Crippen molar-refractivity contribution in [2.75, 3.05) is 12.4 Å². The maximum atomic E-state index is 12.0. The standard InChI is InChI=1S/C10H13BrClNOS/c1-10(2,6-11)13(3)9(14)7-4-5-8(12)15-7/h4-5H,6H2,1-3H3. The molecule has 0 spiro atoms. The van der Waals surface area contributed by atoms with Gasteiger partial charge in [0.2, 0.25) is 0 Å². The lowest BCUT2D eigenvalue weighted by molar-refractivity contribution is 0.0668. The molecule has 1 aromatic heterocycles. The van der Waals surface area contributed by atoms with Gasteiger partial charge < -0.3 is 4.90 Å². The predicted octanol–water partition coefficient (Wildman–Crippen LogP) is 3.65. The molecule has 0 fully saturated rings. The Balaban J connectivity index is 2.86. The fourth-order valence-electron chi connectivity index (χ4n) is 0.959. The highest BCUT2D eigenvalue weighted by atomic mass is 79.9. The van der Waals surface area contributed by atoms with Gasteiger partial charge in [-0.3, -0.25) is 4.79 Å².